The molecule has 9 nitrogen and oxygen atoms in total. The number of thiophene rings is 1. The minimum Gasteiger partial charge on any atom is -0.480 e. The molecular formula is C14H17N5O4S. The Hall–Kier alpha value is -2.75. The van der Waals surface area contributed by atoms with E-state index in [0.29, 0.717) is 10.6 Å². The second kappa shape index (κ2) is 7.68. The fourth-order valence-corrected chi connectivity index (χ4v) is 2.94. The quantitative estimate of drug-likeness (QED) is 0.649. The van der Waals surface area contributed by atoms with Gasteiger partial charge in [0.15, 0.2) is 0 Å². The number of carbonyl (C=O) groups is 3. The van der Waals surface area contributed by atoms with Gasteiger partial charge in [-0.15, -0.1) is 16.4 Å². The van der Waals surface area contributed by atoms with Crippen LogP contribution in [0.25, 0.3) is 0 Å². The summed E-state index contributed by atoms with van der Waals surface area (Å²) in [5.41, 5.74) is 1.31. The highest BCUT2D eigenvalue weighted by molar-refractivity contribution is 7.14. The number of aliphatic carboxylic acids is 1. The van der Waals surface area contributed by atoms with Crippen LogP contribution in [-0.2, 0) is 22.7 Å². The van der Waals surface area contributed by atoms with Crippen LogP contribution in [-0.4, -0.2) is 44.4 Å². The Labute approximate surface area is 141 Å². The fourth-order valence-electron chi connectivity index (χ4n) is 1.99. The molecule has 2 aromatic rings. The predicted molar refractivity (Wildman–Crippen MR) is 85.6 cm³/mol. The Kier molecular flexibility index (Phi) is 5.64. The van der Waals surface area contributed by atoms with Crippen LogP contribution in [0.4, 0.5) is 0 Å². The van der Waals surface area contributed by atoms with Crippen LogP contribution < -0.4 is 10.6 Å². The van der Waals surface area contributed by atoms with Gasteiger partial charge in [-0.05, 0) is 25.5 Å². The van der Waals surface area contributed by atoms with Crippen molar-refractivity contribution in [2.75, 3.05) is 6.54 Å². The maximum atomic E-state index is 12.0. The van der Waals surface area contributed by atoms with Crippen molar-refractivity contribution in [3.63, 3.8) is 0 Å². The Bertz CT molecular complexity index is 767. The molecule has 0 aromatic carbocycles. The van der Waals surface area contributed by atoms with Crippen molar-refractivity contribution >= 4 is 29.1 Å². The van der Waals surface area contributed by atoms with Gasteiger partial charge in [-0.2, -0.15) is 0 Å². The van der Waals surface area contributed by atoms with Gasteiger partial charge in [0.25, 0.3) is 5.91 Å². The maximum Gasteiger partial charge on any atom is 0.325 e. The Morgan fingerprint density at radius 1 is 1.29 bits per heavy atom. The van der Waals surface area contributed by atoms with Crippen molar-refractivity contribution in [3.05, 3.63) is 33.3 Å². The summed E-state index contributed by atoms with van der Waals surface area (Å²) in [6.45, 7) is 3.41. The molecule has 0 atom stereocenters. The summed E-state index contributed by atoms with van der Waals surface area (Å²) in [4.78, 5) is 35.9. The summed E-state index contributed by atoms with van der Waals surface area (Å²) in [5, 5.41) is 21.1. The van der Waals surface area contributed by atoms with Crippen molar-refractivity contribution in [2.45, 2.75) is 26.9 Å². The zero-order chi connectivity index (χ0) is 17.7. The number of carbonyl (C=O) groups excluding carboxylic acids is 2. The molecule has 2 aromatic heterocycles. The molecule has 0 aliphatic heterocycles. The molecule has 2 amide bonds. The second-order valence-corrected chi connectivity index (χ2v) is 6.39. The van der Waals surface area contributed by atoms with Gasteiger partial charge in [-0.1, -0.05) is 5.21 Å². The molecule has 2 rings (SSSR count). The van der Waals surface area contributed by atoms with Crippen molar-refractivity contribution < 1.29 is 19.5 Å². The summed E-state index contributed by atoms with van der Waals surface area (Å²) in [5.74, 6) is -1.69. The van der Waals surface area contributed by atoms with Crippen LogP contribution in [0.1, 0.15) is 25.8 Å². The summed E-state index contributed by atoms with van der Waals surface area (Å²) in [7, 11) is 0. The van der Waals surface area contributed by atoms with E-state index in [9.17, 15) is 14.4 Å². The minimum atomic E-state index is -1.03. The number of hydrogen-bond acceptors (Lipinski definition) is 6. The van der Waals surface area contributed by atoms with E-state index in [2.05, 4.69) is 20.9 Å². The number of hydrogen-bond donors (Lipinski definition) is 3. The van der Waals surface area contributed by atoms with Gasteiger partial charge in [-0.25, -0.2) is 4.68 Å². The number of amides is 2. The van der Waals surface area contributed by atoms with E-state index in [4.69, 9.17) is 5.11 Å². The van der Waals surface area contributed by atoms with E-state index in [1.54, 1.807) is 0 Å². The lowest BCUT2D eigenvalue weighted by atomic mass is 10.2. The lowest BCUT2D eigenvalue weighted by molar-refractivity contribution is -0.138. The monoisotopic (exact) mass is 351 g/mol. The topological polar surface area (TPSA) is 126 Å². The predicted octanol–water partition coefficient (Wildman–Crippen LogP) is 0.0872. The molecule has 0 radical (unpaired) electrons. The average Bonchev–Trinajstić information content (AvgIpc) is 3.08. The van der Waals surface area contributed by atoms with Crippen LogP contribution in [0.5, 0.6) is 0 Å². The van der Waals surface area contributed by atoms with Crippen LogP contribution in [0, 0.1) is 13.8 Å². The molecule has 0 bridgehead atoms. The third-order valence-corrected chi connectivity index (χ3v) is 4.16. The molecule has 0 saturated heterocycles. The highest BCUT2D eigenvalue weighted by atomic mass is 32.1. The average molecular weight is 351 g/mol. The first kappa shape index (κ1) is 17.6. The molecule has 24 heavy (non-hydrogen) atoms. The first-order valence-electron chi connectivity index (χ1n) is 7.08. The van der Waals surface area contributed by atoms with Gasteiger partial charge in [-0.3, -0.25) is 14.4 Å². The molecule has 2 heterocycles. The normalized spacial score (nSPS) is 10.4. The molecule has 3 N–H and O–H groups in total. The SMILES string of the molecule is Cc1cc(C)c(C(=O)NCC(=O)NCc2cn(CC(=O)O)nn2)s1. The molecule has 0 unspecified atom stereocenters. The smallest absolute Gasteiger partial charge is 0.325 e. The number of rotatable bonds is 7. The molecule has 0 fully saturated rings. The summed E-state index contributed by atoms with van der Waals surface area (Å²) >= 11 is 1.38. The number of carboxylic acids is 1. The van der Waals surface area contributed by atoms with E-state index >= 15 is 0 Å². The van der Waals surface area contributed by atoms with Crippen molar-refractivity contribution in [3.8, 4) is 0 Å². The maximum absolute atomic E-state index is 12.0. The van der Waals surface area contributed by atoms with Gasteiger partial charge >= 0.3 is 5.97 Å². The molecule has 10 heteroatoms. The number of nitrogens with one attached hydrogen (secondary N) is 2. The van der Waals surface area contributed by atoms with Gasteiger partial charge in [0.2, 0.25) is 5.91 Å². The molecule has 0 spiro atoms. The van der Waals surface area contributed by atoms with Gasteiger partial charge in [0.05, 0.1) is 24.2 Å². The number of carboxylic acid groups (broad SMARTS) is 1. The van der Waals surface area contributed by atoms with E-state index in [1.807, 2.05) is 19.9 Å². The van der Waals surface area contributed by atoms with Gasteiger partial charge in [0.1, 0.15) is 12.2 Å². The summed E-state index contributed by atoms with van der Waals surface area (Å²) in [6, 6.07) is 1.92. The Balaban J connectivity index is 1.77. The van der Waals surface area contributed by atoms with Crippen LogP contribution in [0.3, 0.4) is 0 Å². The van der Waals surface area contributed by atoms with Crippen LogP contribution in [0.2, 0.25) is 0 Å². The summed E-state index contributed by atoms with van der Waals surface area (Å²) < 4.78 is 1.16. The minimum absolute atomic E-state index is 0.103. The highest BCUT2D eigenvalue weighted by Gasteiger charge is 2.13. The van der Waals surface area contributed by atoms with Crippen LogP contribution in [0.15, 0.2) is 12.3 Å². The first-order valence-corrected chi connectivity index (χ1v) is 7.89. The first-order chi connectivity index (χ1) is 11.3. The third kappa shape index (κ3) is 4.88. The fraction of sp³-hybridized carbons (Fsp3) is 0.357. The van der Waals surface area contributed by atoms with Crippen LogP contribution >= 0.6 is 11.3 Å². The Morgan fingerprint density at radius 3 is 2.67 bits per heavy atom. The van der Waals surface area contributed by atoms with Gasteiger partial charge < -0.3 is 15.7 Å². The van der Waals surface area contributed by atoms with E-state index < -0.39 is 5.97 Å². The molecule has 0 saturated carbocycles. The van der Waals surface area contributed by atoms with E-state index in [1.165, 1.54) is 17.5 Å². The molecule has 0 aliphatic carbocycles. The zero-order valence-electron chi connectivity index (χ0n) is 13.2. The van der Waals surface area contributed by atoms with Crippen molar-refractivity contribution in [2.24, 2.45) is 0 Å². The summed E-state index contributed by atoms with van der Waals surface area (Å²) in [6.07, 6.45) is 1.44. The van der Waals surface area contributed by atoms with Gasteiger partial charge in [0, 0.05) is 4.88 Å². The largest absolute Gasteiger partial charge is 0.480 e. The zero-order valence-corrected chi connectivity index (χ0v) is 14.0. The van der Waals surface area contributed by atoms with E-state index in [-0.39, 0.29) is 31.4 Å². The lowest BCUT2D eigenvalue weighted by Crippen LogP contribution is -2.36. The molecule has 128 valence electrons. The number of aromatic nitrogens is 3. The Morgan fingerprint density at radius 2 is 2.04 bits per heavy atom. The lowest BCUT2D eigenvalue weighted by Gasteiger charge is -2.05. The van der Waals surface area contributed by atoms with Crippen molar-refractivity contribution in [1.82, 2.24) is 25.6 Å². The second-order valence-electron chi connectivity index (χ2n) is 5.13. The third-order valence-electron chi connectivity index (χ3n) is 3.01. The van der Waals surface area contributed by atoms with E-state index in [0.717, 1.165) is 15.1 Å². The highest BCUT2D eigenvalue weighted by Crippen LogP contribution is 2.20. The number of nitrogens with zero attached hydrogens (tertiary/aromatic N) is 3. The molecular weight excluding hydrogens is 334 g/mol. The molecule has 0 aliphatic rings. The standard InChI is InChI=1S/C14H17N5O4S/c1-8-3-9(2)24-13(8)14(23)16-5-11(20)15-4-10-6-19(18-17-10)7-12(21)22/h3,6H,4-5,7H2,1-2H3,(H,15,20)(H,16,23)(H,21,22). The van der Waals surface area contributed by atoms with Crippen molar-refractivity contribution in [1.29, 1.82) is 0 Å². The number of aryl methyl sites for hydroxylation is 2.